The molecule has 0 bridgehead atoms. The number of phenolic OH excluding ortho intramolecular Hbond substituents is 1. The maximum absolute atomic E-state index is 9.64. The van der Waals surface area contributed by atoms with Crippen LogP contribution in [0.15, 0.2) is 42.5 Å². The van der Waals surface area contributed by atoms with E-state index in [2.05, 4.69) is 0 Å². The first-order valence-electron chi connectivity index (χ1n) is 5.08. The summed E-state index contributed by atoms with van der Waals surface area (Å²) in [5.74, 6) is 0.192. The van der Waals surface area contributed by atoms with Gasteiger partial charge in [0, 0.05) is 15.6 Å². The van der Waals surface area contributed by atoms with E-state index >= 15 is 0 Å². The molecule has 17 heavy (non-hydrogen) atoms. The van der Waals surface area contributed by atoms with Gasteiger partial charge in [0.2, 0.25) is 0 Å². The molecular weight excluding hydrogens is 255 g/mol. The van der Waals surface area contributed by atoms with Gasteiger partial charge in [-0.2, -0.15) is 0 Å². The van der Waals surface area contributed by atoms with Gasteiger partial charge in [0.25, 0.3) is 0 Å². The Morgan fingerprint density at radius 3 is 2.35 bits per heavy atom. The molecule has 0 aliphatic rings. The molecule has 0 atom stereocenters. The van der Waals surface area contributed by atoms with Crippen LogP contribution >= 0.6 is 23.2 Å². The number of benzene rings is 2. The maximum atomic E-state index is 9.64. The summed E-state index contributed by atoms with van der Waals surface area (Å²) >= 11 is 11.9. The number of hydrogen-bond acceptors (Lipinski definition) is 1. The van der Waals surface area contributed by atoms with Crippen LogP contribution in [0, 0.1) is 0 Å². The number of halogens is 2. The minimum absolute atomic E-state index is 0.192. The molecule has 2 aromatic carbocycles. The Morgan fingerprint density at radius 2 is 1.59 bits per heavy atom. The SMILES string of the molecule is Oc1ccc(Cl)cc1C=Cc1ccccc1Cl. The average molecular weight is 265 g/mol. The minimum Gasteiger partial charge on any atom is -0.507 e. The fourth-order valence-corrected chi connectivity index (χ4v) is 1.83. The molecule has 0 amide bonds. The van der Waals surface area contributed by atoms with Crippen LogP contribution in [0.3, 0.4) is 0 Å². The van der Waals surface area contributed by atoms with Gasteiger partial charge in [-0.15, -0.1) is 0 Å². The number of rotatable bonds is 2. The summed E-state index contributed by atoms with van der Waals surface area (Å²) in [6.45, 7) is 0. The second kappa shape index (κ2) is 5.26. The quantitative estimate of drug-likeness (QED) is 0.768. The molecule has 2 rings (SSSR count). The number of phenols is 1. The van der Waals surface area contributed by atoms with Crippen molar-refractivity contribution in [3.63, 3.8) is 0 Å². The number of aromatic hydroxyl groups is 1. The highest BCUT2D eigenvalue weighted by atomic mass is 35.5. The largest absolute Gasteiger partial charge is 0.507 e. The van der Waals surface area contributed by atoms with E-state index < -0.39 is 0 Å². The molecule has 1 N–H and O–H groups in total. The fraction of sp³-hybridized carbons (Fsp3) is 0. The lowest BCUT2D eigenvalue weighted by Gasteiger charge is -2.00. The Morgan fingerprint density at radius 1 is 0.882 bits per heavy atom. The third-order valence-corrected chi connectivity index (χ3v) is 2.92. The van der Waals surface area contributed by atoms with Crippen molar-refractivity contribution in [1.29, 1.82) is 0 Å². The second-order valence-electron chi connectivity index (χ2n) is 3.56. The first-order valence-corrected chi connectivity index (χ1v) is 5.83. The summed E-state index contributed by atoms with van der Waals surface area (Å²) in [5, 5.41) is 10.9. The van der Waals surface area contributed by atoms with Crippen molar-refractivity contribution >= 4 is 35.4 Å². The van der Waals surface area contributed by atoms with Gasteiger partial charge >= 0.3 is 0 Å². The molecule has 0 aliphatic carbocycles. The topological polar surface area (TPSA) is 20.2 Å². The summed E-state index contributed by atoms with van der Waals surface area (Å²) in [5.41, 5.74) is 1.56. The van der Waals surface area contributed by atoms with Gasteiger partial charge in [0.05, 0.1) is 0 Å². The lowest BCUT2D eigenvalue weighted by Crippen LogP contribution is -1.76. The van der Waals surface area contributed by atoms with E-state index in [0.717, 1.165) is 5.56 Å². The highest BCUT2D eigenvalue weighted by molar-refractivity contribution is 6.32. The van der Waals surface area contributed by atoms with Gasteiger partial charge < -0.3 is 5.11 Å². The van der Waals surface area contributed by atoms with E-state index in [0.29, 0.717) is 15.6 Å². The van der Waals surface area contributed by atoms with E-state index in [1.54, 1.807) is 24.3 Å². The monoisotopic (exact) mass is 264 g/mol. The van der Waals surface area contributed by atoms with E-state index in [-0.39, 0.29) is 5.75 Å². The maximum Gasteiger partial charge on any atom is 0.122 e. The third-order valence-electron chi connectivity index (χ3n) is 2.34. The summed E-state index contributed by atoms with van der Waals surface area (Å²) in [6, 6.07) is 12.4. The molecule has 0 unspecified atom stereocenters. The molecule has 0 radical (unpaired) electrons. The molecule has 3 heteroatoms. The molecule has 0 heterocycles. The third kappa shape index (κ3) is 3.02. The van der Waals surface area contributed by atoms with Crippen LogP contribution in [0.1, 0.15) is 11.1 Å². The molecule has 0 fully saturated rings. The minimum atomic E-state index is 0.192. The first-order chi connectivity index (χ1) is 8.16. The number of hydrogen-bond donors (Lipinski definition) is 1. The Labute approximate surface area is 110 Å². The fourth-order valence-electron chi connectivity index (χ4n) is 1.45. The predicted molar refractivity (Wildman–Crippen MR) is 73.5 cm³/mol. The molecule has 0 aliphatic heterocycles. The lowest BCUT2D eigenvalue weighted by atomic mass is 10.1. The molecule has 0 aromatic heterocycles. The van der Waals surface area contributed by atoms with Crippen molar-refractivity contribution in [3.8, 4) is 5.75 Å². The summed E-state index contributed by atoms with van der Waals surface area (Å²) < 4.78 is 0. The van der Waals surface area contributed by atoms with Crippen LogP contribution in [0.5, 0.6) is 5.75 Å². The zero-order valence-corrected chi connectivity index (χ0v) is 10.4. The van der Waals surface area contributed by atoms with Crippen molar-refractivity contribution in [2.45, 2.75) is 0 Å². The zero-order valence-electron chi connectivity index (χ0n) is 8.90. The van der Waals surface area contributed by atoms with Crippen molar-refractivity contribution in [3.05, 3.63) is 63.6 Å². The summed E-state index contributed by atoms with van der Waals surface area (Å²) in [4.78, 5) is 0. The van der Waals surface area contributed by atoms with Gasteiger partial charge in [0.15, 0.2) is 0 Å². The zero-order chi connectivity index (χ0) is 12.3. The van der Waals surface area contributed by atoms with Gasteiger partial charge in [-0.1, -0.05) is 53.6 Å². The van der Waals surface area contributed by atoms with E-state index in [9.17, 15) is 5.11 Å². The Bertz CT molecular complexity index is 562. The highest BCUT2D eigenvalue weighted by Crippen LogP contribution is 2.24. The van der Waals surface area contributed by atoms with Crippen LogP contribution in [0.25, 0.3) is 12.2 Å². The molecule has 2 aromatic rings. The average Bonchev–Trinajstić information content (AvgIpc) is 2.32. The van der Waals surface area contributed by atoms with Crippen molar-refractivity contribution in [2.24, 2.45) is 0 Å². The molecule has 0 saturated carbocycles. The van der Waals surface area contributed by atoms with E-state index in [1.165, 1.54) is 0 Å². The van der Waals surface area contributed by atoms with Crippen molar-refractivity contribution in [2.75, 3.05) is 0 Å². The van der Waals surface area contributed by atoms with Crippen LogP contribution < -0.4 is 0 Å². The van der Waals surface area contributed by atoms with Gasteiger partial charge in [0.1, 0.15) is 5.75 Å². The van der Waals surface area contributed by atoms with Gasteiger partial charge in [-0.05, 0) is 29.8 Å². The highest BCUT2D eigenvalue weighted by Gasteiger charge is 1.99. The Hall–Kier alpha value is -1.44. The van der Waals surface area contributed by atoms with Crippen molar-refractivity contribution < 1.29 is 5.11 Å². The Kier molecular flexibility index (Phi) is 3.72. The first kappa shape index (κ1) is 12.0. The second-order valence-corrected chi connectivity index (χ2v) is 4.40. The Balaban J connectivity index is 2.32. The standard InChI is InChI=1S/C14H10Cl2O/c15-12-7-8-14(17)11(9-12)6-5-10-3-1-2-4-13(10)16/h1-9,17H. The lowest BCUT2D eigenvalue weighted by molar-refractivity contribution is 0.474. The molecule has 0 spiro atoms. The van der Waals surface area contributed by atoms with Crippen LogP contribution in [0.4, 0.5) is 0 Å². The normalized spacial score (nSPS) is 10.9. The molecule has 0 saturated heterocycles. The molecule has 1 nitrogen and oxygen atoms in total. The van der Waals surface area contributed by atoms with Gasteiger partial charge in [-0.25, -0.2) is 0 Å². The van der Waals surface area contributed by atoms with E-state index in [1.807, 2.05) is 30.3 Å². The van der Waals surface area contributed by atoms with Crippen molar-refractivity contribution in [1.82, 2.24) is 0 Å². The van der Waals surface area contributed by atoms with Crippen LogP contribution in [0.2, 0.25) is 10.0 Å². The van der Waals surface area contributed by atoms with E-state index in [4.69, 9.17) is 23.2 Å². The summed E-state index contributed by atoms with van der Waals surface area (Å²) in [7, 11) is 0. The van der Waals surface area contributed by atoms with Gasteiger partial charge in [-0.3, -0.25) is 0 Å². The molecule has 86 valence electrons. The van der Waals surface area contributed by atoms with Crippen LogP contribution in [-0.2, 0) is 0 Å². The summed E-state index contributed by atoms with van der Waals surface area (Å²) in [6.07, 6.45) is 3.62. The van der Waals surface area contributed by atoms with Crippen LogP contribution in [-0.4, -0.2) is 5.11 Å². The smallest absolute Gasteiger partial charge is 0.122 e. The molecular formula is C14H10Cl2O. The predicted octanol–water partition coefficient (Wildman–Crippen LogP) is 4.87.